The van der Waals surface area contributed by atoms with E-state index in [1.54, 1.807) is 4.90 Å². The van der Waals surface area contributed by atoms with Gasteiger partial charge >= 0.3 is 0 Å². The third kappa shape index (κ3) is 5.62. The number of rotatable bonds is 6. The van der Waals surface area contributed by atoms with Crippen molar-refractivity contribution in [3.05, 3.63) is 107 Å². The van der Waals surface area contributed by atoms with Crippen LogP contribution in [0.1, 0.15) is 27.5 Å². The maximum atomic E-state index is 13.5. The molecule has 5 nitrogen and oxygen atoms in total. The smallest absolute Gasteiger partial charge is 0.254 e. The zero-order chi connectivity index (χ0) is 23.2. The number of hydrogen-bond acceptors (Lipinski definition) is 3. The van der Waals surface area contributed by atoms with E-state index in [0.717, 1.165) is 29.3 Å². The molecule has 0 unspecified atom stereocenters. The molecule has 170 valence electrons. The van der Waals surface area contributed by atoms with Crippen LogP contribution in [-0.2, 0) is 11.3 Å². The minimum Gasteiger partial charge on any atom is -0.350 e. The van der Waals surface area contributed by atoms with E-state index in [1.165, 1.54) is 0 Å². The highest BCUT2D eigenvalue weighted by atomic mass is 19.1. The molecule has 0 saturated carbocycles. The largest absolute Gasteiger partial charge is 0.350 e. The second-order valence-corrected chi connectivity index (χ2v) is 8.00. The molecule has 0 bridgehead atoms. The Kier molecular flexibility index (Phi) is 7.10. The molecule has 3 aromatic rings. The molecule has 2 amide bonds. The van der Waals surface area contributed by atoms with Crippen LogP contribution in [0.3, 0.4) is 0 Å². The number of piperazine rings is 1. The van der Waals surface area contributed by atoms with Gasteiger partial charge in [-0.1, -0.05) is 60.7 Å². The predicted molar refractivity (Wildman–Crippen MR) is 121 cm³/mol. The first-order valence-corrected chi connectivity index (χ1v) is 10.9. The Morgan fingerprint density at radius 3 is 2.00 bits per heavy atom. The summed E-state index contributed by atoms with van der Waals surface area (Å²) in [5.41, 5.74) is 1.87. The van der Waals surface area contributed by atoms with E-state index in [9.17, 15) is 18.4 Å². The molecule has 1 aliphatic rings. The molecule has 1 heterocycles. The van der Waals surface area contributed by atoms with Crippen molar-refractivity contribution in [2.24, 2.45) is 0 Å². The normalized spacial score (nSPS) is 15.2. The summed E-state index contributed by atoms with van der Waals surface area (Å²) in [5.74, 6) is -2.10. The Morgan fingerprint density at radius 2 is 1.39 bits per heavy atom. The SMILES string of the molecule is O=C(NCc1ccccc1)[C@@H](c1ccccc1)N1CCN(C(=O)c2cc(F)cc(F)c2)CC1. The Labute approximate surface area is 191 Å². The molecule has 0 aliphatic carbocycles. The van der Waals surface area contributed by atoms with Crippen LogP contribution < -0.4 is 5.32 Å². The molecule has 0 spiro atoms. The average molecular weight is 450 g/mol. The van der Waals surface area contributed by atoms with Gasteiger partial charge in [0.1, 0.15) is 17.7 Å². The van der Waals surface area contributed by atoms with Crippen molar-refractivity contribution >= 4 is 11.8 Å². The maximum Gasteiger partial charge on any atom is 0.254 e. The van der Waals surface area contributed by atoms with Crippen molar-refractivity contribution in [3.63, 3.8) is 0 Å². The molecule has 1 atom stereocenters. The van der Waals surface area contributed by atoms with Crippen LogP contribution in [-0.4, -0.2) is 47.8 Å². The van der Waals surface area contributed by atoms with Crippen LogP contribution in [0.15, 0.2) is 78.9 Å². The molecule has 0 radical (unpaired) electrons. The van der Waals surface area contributed by atoms with Gasteiger partial charge in [-0.25, -0.2) is 8.78 Å². The molecule has 33 heavy (non-hydrogen) atoms. The van der Waals surface area contributed by atoms with Crippen molar-refractivity contribution in [2.45, 2.75) is 12.6 Å². The summed E-state index contributed by atoms with van der Waals surface area (Å²) in [4.78, 5) is 29.5. The van der Waals surface area contributed by atoms with E-state index >= 15 is 0 Å². The number of nitrogens with zero attached hydrogens (tertiary/aromatic N) is 2. The van der Waals surface area contributed by atoms with Gasteiger partial charge in [-0.15, -0.1) is 0 Å². The number of halogens is 2. The number of amides is 2. The fraction of sp³-hybridized carbons (Fsp3) is 0.231. The Morgan fingerprint density at radius 1 is 0.818 bits per heavy atom. The highest BCUT2D eigenvalue weighted by Crippen LogP contribution is 2.23. The first-order chi connectivity index (χ1) is 16.0. The summed E-state index contributed by atoms with van der Waals surface area (Å²) < 4.78 is 27.1. The van der Waals surface area contributed by atoms with Crippen molar-refractivity contribution < 1.29 is 18.4 Å². The molecule has 1 saturated heterocycles. The van der Waals surface area contributed by atoms with Gasteiger partial charge in [0.25, 0.3) is 5.91 Å². The van der Waals surface area contributed by atoms with Crippen LogP contribution in [0.25, 0.3) is 0 Å². The average Bonchev–Trinajstić information content (AvgIpc) is 2.84. The zero-order valence-corrected chi connectivity index (χ0v) is 18.1. The topological polar surface area (TPSA) is 52.7 Å². The van der Waals surface area contributed by atoms with Gasteiger partial charge in [-0.2, -0.15) is 0 Å². The third-order valence-corrected chi connectivity index (χ3v) is 5.75. The molecule has 0 aromatic heterocycles. The number of benzene rings is 3. The summed E-state index contributed by atoms with van der Waals surface area (Å²) >= 11 is 0. The summed E-state index contributed by atoms with van der Waals surface area (Å²) in [5, 5.41) is 3.02. The summed E-state index contributed by atoms with van der Waals surface area (Å²) in [6.07, 6.45) is 0. The molecule has 3 aromatic carbocycles. The van der Waals surface area contributed by atoms with Crippen molar-refractivity contribution in [1.82, 2.24) is 15.1 Å². The molecule has 1 fully saturated rings. The van der Waals surface area contributed by atoms with Crippen LogP contribution >= 0.6 is 0 Å². The van der Waals surface area contributed by atoms with Crippen LogP contribution in [0.2, 0.25) is 0 Å². The van der Waals surface area contributed by atoms with Crippen molar-refractivity contribution in [2.75, 3.05) is 26.2 Å². The van der Waals surface area contributed by atoms with Gasteiger partial charge in [-0.3, -0.25) is 14.5 Å². The first-order valence-electron chi connectivity index (χ1n) is 10.9. The van der Waals surface area contributed by atoms with Gasteiger partial charge in [0, 0.05) is 44.4 Å². The lowest BCUT2D eigenvalue weighted by Gasteiger charge is -2.38. The van der Waals surface area contributed by atoms with Gasteiger partial charge in [-0.05, 0) is 23.3 Å². The van der Waals surface area contributed by atoms with Crippen molar-refractivity contribution in [1.29, 1.82) is 0 Å². The Balaban J connectivity index is 1.45. The minimum absolute atomic E-state index is 0.0128. The summed E-state index contributed by atoms with van der Waals surface area (Å²) in [7, 11) is 0. The molecule has 7 heteroatoms. The van der Waals surface area contributed by atoms with Gasteiger partial charge in [0.2, 0.25) is 5.91 Å². The third-order valence-electron chi connectivity index (χ3n) is 5.75. The number of hydrogen-bond donors (Lipinski definition) is 1. The van der Waals surface area contributed by atoms with E-state index in [1.807, 2.05) is 65.6 Å². The molecule has 1 N–H and O–H groups in total. The van der Waals surface area contributed by atoms with E-state index in [0.29, 0.717) is 32.7 Å². The van der Waals surface area contributed by atoms with E-state index in [4.69, 9.17) is 0 Å². The maximum absolute atomic E-state index is 13.5. The van der Waals surface area contributed by atoms with E-state index in [-0.39, 0.29) is 11.5 Å². The number of carbonyl (C=O) groups excluding carboxylic acids is 2. The summed E-state index contributed by atoms with van der Waals surface area (Å²) in [6.45, 7) is 2.05. The monoisotopic (exact) mass is 449 g/mol. The first kappa shape index (κ1) is 22.6. The minimum atomic E-state index is -0.781. The van der Waals surface area contributed by atoms with Crippen molar-refractivity contribution in [3.8, 4) is 0 Å². The van der Waals surface area contributed by atoms with Gasteiger partial charge < -0.3 is 10.2 Å². The van der Waals surface area contributed by atoms with Crippen LogP contribution in [0.4, 0.5) is 8.78 Å². The van der Waals surface area contributed by atoms with Gasteiger partial charge in [0.15, 0.2) is 0 Å². The summed E-state index contributed by atoms with van der Waals surface area (Å²) in [6, 6.07) is 21.5. The molecule has 1 aliphatic heterocycles. The van der Waals surface area contributed by atoms with E-state index < -0.39 is 23.6 Å². The highest BCUT2D eigenvalue weighted by Gasteiger charge is 2.32. The lowest BCUT2D eigenvalue weighted by atomic mass is 10.0. The lowest BCUT2D eigenvalue weighted by molar-refractivity contribution is -0.127. The number of carbonyl (C=O) groups is 2. The predicted octanol–water partition coefficient (Wildman–Crippen LogP) is 3.78. The second kappa shape index (κ2) is 10.4. The molecule has 4 rings (SSSR count). The van der Waals surface area contributed by atoms with Crippen LogP contribution in [0, 0.1) is 11.6 Å². The lowest BCUT2D eigenvalue weighted by Crippen LogP contribution is -2.52. The molecular weight excluding hydrogens is 424 g/mol. The fourth-order valence-electron chi connectivity index (χ4n) is 4.09. The fourth-order valence-corrected chi connectivity index (χ4v) is 4.09. The van der Waals surface area contributed by atoms with E-state index in [2.05, 4.69) is 5.32 Å². The van der Waals surface area contributed by atoms with Crippen LogP contribution in [0.5, 0.6) is 0 Å². The number of nitrogens with one attached hydrogen (secondary N) is 1. The molecular formula is C26H25F2N3O2. The Bertz CT molecular complexity index is 1080. The standard InChI is InChI=1S/C26H25F2N3O2/c27-22-15-21(16-23(28)17-22)26(33)31-13-11-30(12-14-31)24(20-9-5-2-6-10-20)25(32)29-18-19-7-3-1-4-8-19/h1-10,15-17,24H,11-14,18H2,(H,29,32)/t24-/m1/s1. The zero-order valence-electron chi connectivity index (χ0n) is 18.1. The Hall–Kier alpha value is -3.58. The second-order valence-electron chi connectivity index (χ2n) is 8.00. The quantitative estimate of drug-likeness (QED) is 0.623. The highest BCUT2D eigenvalue weighted by molar-refractivity contribution is 5.94. The van der Waals surface area contributed by atoms with Gasteiger partial charge in [0.05, 0.1) is 0 Å².